The fourth-order valence-electron chi connectivity index (χ4n) is 3.18. The molecule has 0 saturated carbocycles. The van der Waals surface area contributed by atoms with Gasteiger partial charge in [0.05, 0.1) is 34.0 Å². The van der Waals surface area contributed by atoms with Gasteiger partial charge in [-0.2, -0.15) is 0 Å². The smallest absolute Gasteiger partial charge is 0.351 e. The molecule has 0 spiro atoms. The Morgan fingerprint density at radius 1 is 1.07 bits per heavy atom. The lowest BCUT2D eigenvalue weighted by molar-refractivity contribution is -0.147. The van der Waals surface area contributed by atoms with Gasteiger partial charge in [-0.25, -0.2) is 4.79 Å². The van der Waals surface area contributed by atoms with Gasteiger partial charge in [-0.15, -0.1) is 0 Å². The molecule has 1 aromatic rings. The van der Waals surface area contributed by atoms with Gasteiger partial charge in [0.1, 0.15) is 11.8 Å². The molecule has 1 heterocycles. The second-order valence-corrected chi connectivity index (χ2v) is 7.04. The Hall–Kier alpha value is -2.74. The van der Waals surface area contributed by atoms with Crippen molar-refractivity contribution in [2.24, 2.45) is 5.92 Å². The summed E-state index contributed by atoms with van der Waals surface area (Å²) in [5.74, 6) is 0.832. The molecule has 0 fully saturated rings. The molecule has 1 N–H and O–H groups in total. The van der Waals surface area contributed by atoms with Crippen LogP contribution in [0.25, 0.3) is 6.08 Å². The average molecular weight is 407 g/mol. The largest absolute Gasteiger partial charge is 0.496 e. The van der Waals surface area contributed by atoms with Gasteiger partial charge in [-0.05, 0) is 36.1 Å². The molecule has 160 valence electrons. The lowest BCUT2D eigenvalue weighted by Crippen LogP contribution is -2.43. The van der Waals surface area contributed by atoms with Gasteiger partial charge in [0.2, 0.25) is 6.10 Å². The zero-order valence-electron chi connectivity index (χ0n) is 17.7. The highest BCUT2D eigenvalue weighted by Crippen LogP contribution is 2.43. The summed E-state index contributed by atoms with van der Waals surface area (Å²) in [6.07, 6.45) is 1.42. The van der Waals surface area contributed by atoms with Gasteiger partial charge >= 0.3 is 11.9 Å². The third kappa shape index (κ3) is 5.20. The van der Waals surface area contributed by atoms with Crippen molar-refractivity contribution in [3.05, 3.63) is 23.3 Å². The molecule has 1 aliphatic rings. The number of esters is 2. The minimum Gasteiger partial charge on any atom is -0.496 e. The number of hydrogen-bond donors (Lipinski definition) is 1. The van der Waals surface area contributed by atoms with Gasteiger partial charge in [-0.3, -0.25) is 4.79 Å². The Morgan fingerprint density at radius 3 is 2.28 bits per heavy atom. The van der Waals surface area contributed by atoms with E-state index in [-0.39, 0.29) is 18.4 Å². The van der Waals surface area contributed by atoms with Crippen LogP contribution >= 0.6 is 0 Å². The maximum Gasteiger partial charge on any atom is 0.351 e. The number of rotatable bonds is 9. The van der Waals surface area contributed by atoms with E-state index in [0.29, 0.717) is 34.8 Å². The second kappa shape index (κ2) is 10.2. The molecule has 8 heteroatoms. The van der Waals surface area contributed by atoms with Gasteiger partial charge < -0.3 is 29.0 Å². The monoisotopic (exact) mass is 407 g/mol. The standard InChI is InChI=1S/C21H29NO7/c1-12(2)9-15(20(23)27-5)22-11-13-10-14-16(25-3)7-8-17(26-4)19(14)29-18(13)21(24)28-6/h7-8,10,12,15,18,22H,9,11H2,1-6H3/t15-,18?/m0/s1. The molecule has 2 rings (SSSR count). The zero-order chi connectivity index (χ0) is 21.6. The fraction of sp³-hybridized carbons (Fsp3) is 0.524. The lowest BCUT2D eigenvalue weighted by Gasteiger charge is -2.28. The van der Waals surface area contributed by atoms with E-state index in [9.17, 15) is 9.59 Å². The number of methoxy groups -OCH3 is 4. The van der Waals surface area contributed by atoms with Crippen LogP contribution in [0.1, 0.15) is 25.8 Å². The summed E-state index contributed by atoms with van der Waals surface area (Å²) in [7, 11) is 5.72. The first-order chi connectivity index (χ1) is 13.9. The second-order valence-electron chi connectivity index (χ2n) is 7.04. The van der Waals surface area contributed by atoms with Gasteiger partial charge in [0.25, 0.3) is 0 Å². The minimum atomic E-state index is -0.974. The summed E-state index contributed by atoms with van der Waals surface area (Å²) in [5, 5.41) is 3.17. The number of hydrogen-bond acceptors (Lipinski definition) is 8. The molecular formula is C21H29NO7. The van der Waals surface area contributed by atoms with Crippen LogP contribution in [0, 0.1) is 5.92 Å². The van der Waals surface area contributed by atoms with E-state index in [1.807, 2.05) is 13.8 Å². The normalized spacial score (nSPS) is 16.2. The van der Waals surface area contributed by atoms with E-state index in [1.165, 1.54) is 21.3 Å². The first kappa shape index (κ1) is 22.5. The Bertz CT molecular complexity index is 773. The van der Waals surface area contributed by atoms with Crippen LogP contribution in [-0.2, 0) is 19.1 Å². The quantitative estimate of drug-likeness (QED) is 0.623. The van der Waals surface area contributed by atoms with Crippen molar-refractivity contribution >= 4 is 18.0 Å². The Balaban J connectivity index is 2.39. The molecule has 8 nitrogen and oxygen atoms in total. The first-order valence-electron chi connectivity index (χ1n) is 9.37. The van der Waals surface area contributed by atoms with Crippen molar-refractivity contribution < 1.29 is 33.3 Å². The SMILES string of the molecule is COC(=O)C1Oc2c(OC)ccc(OC)c2C=C1CN[C@@H](CC(C)C)C(=O)OC. The molecule has 0 bridgehead atoms. The first-order valence-corrected chi connectivity index (χ1v) is 9.37. The van der Waals surface area contributed by atoms with Crippen LogP contribution in [0.2, 0.25) is 0 Å². The third-order valence-corrected chi connectivity index (χ3v) is 4.62. The number of benzene rings is 1. The summed E-state index contributed by atoms with van der Waals surface area (Å²) in [5.41, 5.74) is 1.26. The number of ether oxygens (including phenoxy) is 5. The Labute approximate surface area is 171 Å². The van der Waals surface area contributed by atoms with Crippen molar-refractivity contribution in [2.75, 3.05) is 35.0 Å². The minimum absolute atomic E-state index is 0.228. The summed E-state index contributed by atoms with van der Waals surface area (Å²) < 4.78 is 26.5. The maximum absolute atomic E-state index is 12.4. The van der Waals surface area contributed by atoms with E-state index in [0.717, 1.165) is 0 Å². The number of carbonyl (C=O) groups is 2. The van der Waals surface area contributed by atoms with Crippen molar-refractivity contribution in [3.63, 3.8) is 0 Å². The highest BCUT2D eigenvalue weighted by molar-refractivity contribution is 5.85. The molecule has 1 aliphatic heterocycles. The van der Waals surface area contributed by atoms with Crippen LogP contribution in [0.3, 0.4) is 0 Å². The molecular weight excluding hydrogens is 378 g/mol. The molecule has 0 radical (unpaired) electrons. The van der Waals surface area contributed by atoms with E-state index >= 15 is 0 Å². The molecule has 1 unspecified atom stereocenters. The highest BCUT2D eigenvalue weighted by Gasteiger charge is 2.34. The van der Waals surface area contributed by atoms with Crippen LogP contribution < -0.4 is 19.5 Å². The molecule has 0 saturated heterocycles. The van der Waals surface area contributed by atoms with Crippen molar-refractivity contribution in [2.45, 2.75) is 32.4 Å². The lowest BCUT2D eigenvalue weighted by atomic mass is 9.98. The van der Waals surface area contributed by atoms with Crippen LogP contribution in [0.5, 0.6) is 17.2 Å². The summed E-state index contributed by atoms with van der Waals surface area (Å²) >= 11 is 0. The van der Waals surface area contributed by atoms with Crippen LogP contribution in [0.4, 0.5) is 0 Å². The topological polar surface area (TPSA) is 92.3 Å². The molecule has 29 heavy (non-hydrogen) atoms. The number of carbonyl (C=O) groups excluding carboxylic acids is 2. The van der Waals surface area contributed by atoms with Crippen LogP contribution in [-0.4, -0.2) is 59.1 Å². The van der Waals surface area contributed by atoms with E-state index in [2.05, 4.69) is 5.32 Å². The van der Waals surface area contributed by atoms with E-state index in [1.54, 1.807) is 25.3 Å². The predicted octanol–water partition coefficient (Wildman–Crippen LogP) is 2.20. The fourth-order valence-corrected chi connectivity index (χ4v) is 3.18. The van der Waals surface area contributed by atoms with Gasteiger partial charge in [0.15, 0.2) is 11.5 Å². The summed E-state index contributed by atoms with van der Waals surface area (Å²) in [6, 6.07) is 2.96. The van der Waals surface area contributed by atoms with Crippen molar-refractivity contribution in [1.29, 1.82) is 0 Å². The van der Waals surface area contributed by atoms with Crippen molar-refractivity contribution in [3.8, 4) is 17.2 Å². The van der Waals surface area contributed by atoms with Gasteiger partial charge in [0, 0.05) is 6.54 Å². The highest BCUT2D eigenvalue weighted by atomic mass is 16.6. The van der Waals surface area contributed by atoms with E-state index in [4.69, 9.17) is 23.7 Å². The predicted molar refractivity (Wildman–Crippen MR) is 107 cm³/mol. The molecule has 0 aromatic heterocycles. The molecule has 1 aromatic carbocycles. The molecule has 0 amide bonds. The number of nitrogens with one attached hydrogen (secondary N) is 1. The van der Waals surface area contributed by atoms with Gasteiger partial charge in [-0.1, -0.05) is 13.8 Å². The number of fused-ring (bicyclic) bond motifs is 1. The van der Waals surface area contributed by atoms with Crippen molar-refractivity contribution in [1.82, 2.24) is 5.32 Å². The van der Waals surface area contributed by atoms with Crippen LogP contribution in [0.15, 0.2) is 17.7 Å². The molecule has 2 atom stereocenters. The summed E-state index contributed by atoms with van der Waals surface area (Å²) in [4.78, 5) is 24.5. The third-order valence-electron chi connectivity index (χ3n) is 4.62. The Kier molecular flexibility index (Phi) is 7.90. The Morgan fingerprint density at radius 2 is 1.72 bits per heavy atom. The summed E-state index contributed by atoms with van der Waals surface area (Å²) in [6.45, 7) is 4.27. The molecule has 0 aliphatic carbocycles. The zero-order valence-corrected chi connectivity index (χ0v) is 17.7. The van der Waals surface area contributed by atoms with E-state index < -0.39 is 18.1 Å². The maximum atomic E-state index is 12.4. The average Bonchev–Trinajstić information content (AvgIpc) is 2.73.